The first-order valence-electron chi connectivity index (χ1n) is 5.08. The van der Waals surface area contributed by atoms with Crippen LogP contribution in [0.4, 0.5) is 0 Å². The molecule has 1 aromatic rings. The number of nitrogens with zero attached hydrogens (tertiary/aromatic N) is 2. The Kier molecular flexibility index (Phi) is 5.43. The molecule has 1 rings (SSSR count). The molecule has 0 aliphatic rings. The van der Waals surface area contributed by atoms with Crippen LogP contribution < -0.4 is 4.74 Å². The Morgan fingerprint density at radius 3 is 2.93 bits per heavy atom. The summed E-state index contributed by atoms with van der Waals surface area (Å²) >= 11 is 5.73. The minimum atomic E-state index is 0.649. The molecule has 0 saturated heterocycles. The average molecular weight is 229 g/mol. The topological polar surface area (TPSA) is 25.4 Å². The molecule has 0 N–H and O–H groups in total. The maximum atomic E-state index is 5.73. The normalized spacial score (nSPS) is 10.7. The van der Waals surface area contributed by atoms with Crippen LogP contribution >= 0.6 is 11.6 Å². The van der Waals surface area contributed by atoms with Gasteiger partial charge in [0.25, 0.3) is 0 Å². The molecule has 0 fully saturated rings. The number of rotatable bonds is 6. The van der Waals surface area contributed by atoms with Gasteiger partial charge in [-0.25, -0.2) is 4.98 Å². The molecule has 0 saturated carbocycles. The van der Waals surface area contributed by atoms with Gasteiger partial charge in [-0.3, -0.25) is 4.90 Å². The van der Waals surface area contributed by atoms with Crippen LogP contribution in [0.3, 0.4) is 0 Å². The van der Waals surface area contributed by atoms with Crippen molar-refractivity contribution in [2.24, 2.45) is 0 Å². The standard InChI is InChI=1S/C11H17ClN2O/c1-3-14(8-6-12)9-10-5-4-7-13-11(10)15-2/h4-5,7H,3,6,8-9H2,1-2H3. The highest BCUT2D eigenvalue weighted by molar-refractivity contribution is 6.18. The third-order valence-electron chi connectivity index (χ3n) is 2.29. The van der Waals surface area contributed by atoms with Crippen molar-refractivity contribution in [1.29, 1.82) is 0 Å². The van der Waals surface area contributed by atoms with Gasteiger partial charge in [0.05, 0.1) is 7.11 Å². The Morgan fingerprint density at radius 1 is 1.53 bits per heavy atom. The quantitative estimate of drug-likeness (QED) is 0.698. The molecule has 4 heteroatoms. The fraction of sp³-hybridized carbons (Fsp3) is 0.545. The molecule has 0 spiro atoms. The summed E-state index contributed by atoms with van der Waals surface area (Å²) < 4.78 is 5.20. The number of ether oxygens (including phenoxy) is 1. The van der Waals surface area contributed by atoms with E-state index in [2.05, 4.69) is 16.8 Å². The van der Waals surface area contributed by atoms with Crippen molar-refractivity contribution in [3.8, 4) is 5.88 Å². The molecule has 0 atom stereocenters. The number of alkyl halides is 1. The third-order valence-corrected chi connectivity index (χ3v) is 2.45. The van der Waals surface area contributed by atoms with Crippen LogP contribution in [-0.2, 0) is 6.54 Å². The minimum absolute atomic E-state index is 0.649. The van der Waals surface area contributed by atoms with E-state index in [-0.39, 0.29) is 0 Å². The molecule has 0 amide bonds. The van der Waals surface area contributed by atoms with Gasteiger partial charge in [0.1, 0.15) is 0 Å². The van der Waals surface area contributed by atoms with Crippen LogP contribution in [0.15, 0.2) is 18.3 Å². The number of hydrogen-bond acceptors (Lipinski definition) is 3. The molecular formula is C11H17ClN2O. The summed E-state index contributed by atoms with van der Waals surface area (Å²) in [5, 5.41) is 0. The van der Waals surface area contributed by atoms with Crippen molar-refractivity contribution in [3.63, 3.8) is 0 Å². The highest BCUT2D eigenvalue weighted by Gasteiger charge is 2.07. The Hall–Kier alpha value is -0.800. The van der Waals surface area contributed by atoms with Gasteiger partial charge in [-0.2, -0.15) is 0 Å². The number of methoxy groups -OCH3 is 1. The Morgan fingerprint density at radius 2 is 2.33 bits per heavy atom. The first kappa shape index (κ1) is 12.3. The van der Waals surface area contributed by atoms with E-state index in [9.17, 15) is 0 Å². The van der Waals surface area contributed by atoms with Crippen LogP contribution in [0, 0.1) is 0 Å². The van der Waals surface area contributed by atoms with Crippen LogP contribution in [0.2, 0.25) is 0 Å². The maximum absolute atomic E-state index is 5.73. The second kappa shape index (κ2) is 6.64. The lowest BCUT2D eigenvalue weighted by Gasteiger charge is -2.19. The van der Waals surface area contributed by atoms with E-state index in [0.29, 0.717) is 11.8 Å². The summed E-state index contributed by atoms with van der Waals surface area (Å²) in [5.41, 5.74) is 1.10. The third kappa shape index (κ3) is 3.68. The van der Waals surface area contributed by atoms with Gasteiger partial charge < -0.3 is 4.74 Å². The number of halogens is 1. The predicted octanol–water partition coefficient (Wildman–Crippen LogP) is 2.15. The lowest BCUT2D eigenvalue weighted by molar-refractivity contribution is 0.289. The summed E-state index contributed by atoms with van der Waals surface area (Å²) in [6, 6.07) is 3.95. The zero-order valence-electron chi connectivity index (χ0n) is 9.24. The second-order valence-corrected chi connectivity index (χ2v) is 3.61. The fourth-order valence-electron chi connectivity index (χ4n) is 1.44. The lowest BCUT2D eigenvalue weighted by atomic mass is 10.2. The summed E-state index contributed by atoms with van der Waals surface area (Å²) in [6.45, 7) is 4.82. The Labute approximate surface area is 96.0 Å². The molecule has 0 bridgehead atoms. The molecule has 0 unspecified atom stereocenters. The van der Waals surface area contributed by atoms with Gasteiger partial charge in [0.15, 0.2) is 0 Å². The van der Waals surface area contributed by atoms with Gasteiger partial charge >= 0.3 is 0 Å². The summed E-state index contributed by atoms with van der Waals surface area (Å²) in [6.07, 6.45) is 1.74. The van der Waals surface area contributed by atoms with E-state index in [4.69, 9.17) is 16.3 Å². The number of aromatic nitrogens is 1. The van der Waals surface area contributed by atoms with E-state index >= 15 is 0 Å². The average Bonchev–Trinajstić information content (AvgIpc) is 2.29. The van der Waals surface area contributed by atoms with Gasteiger partial charge in [-0.15, -0.1) is 11.6 Å². The molecule has 0 aliphatic heterocycles. The lowest BCUT2D eigenvalue weighted by Crippen LogP contribution is -2.25. The zero-order chi connectivity index (χ0) is 11.1. The summed E-state index contributed by atoms with van der Waals surface area (Å²) in [7, 11) is 1.64. The molecular weight excluding hydrogens is 212 g/mol. The van der Waals surface area contributed by atoms with Crippen LogP contribution in [0.1, 0.15) is 12.5 Å². The van der Waals surface area contributed by atoms with Crippen molar-refractivity contribution in [1.82, 2.24) is 9.88 Å². The Bertz CT molecular complexity index is 294. The highest BCUT2D eigenvalue weighted by Crippen LogP contribution is 2.15. The largest absolute Gasteiger partial charge is 0.481 e. The van der Waals surface area contributed by atoms with E-state index in [1.165, 1.54) is 0 Å². The van der Waals surface area contributed by atoms with Gasteiger partial charge in [0, 0.05) is 30.7 Å². The van der Waals surface area contributed by atoms with Crippen molar-refractivity contribution in [3.05, 3.63) is 23.9 Å². The van der Waals surface area contributed by atoms with E-state index < -0.39 is 0 Å². The second-order valence-electron chi connectivity index (χ2n) is 3.23. The summed E-state index contributed by atoms with van der Waals surface area (Å²) in [4.78, 5) is 6.42. The summed E-state index contributed by atoms with van der Waals surface area (Å²) in [5.74, 6) is 1.35. The van der Waals surface area contributed by atoms with Crippen molar-refractivity contribution >= 4 is 11.6 Å². The van der Waals surface area contributed by atoms with Crippen LogP contribution in [0.5, 0.6) is 5.88 Å². The monoisotopic (exact) mass is 228 g/mol. The van der Waals surface area contributed by atoms with Crippen molar-refractivity contribution in [2.75, 3.05) is 26.1 Å². The predicted molar refractivity (Wildman–Crippen MR) is 62.5 cm³/mol. The molecule has 0 radical (unpaired) electrons. The van der Waals surface area contributed by atoms with Gasteiger partial charge in [-0.05, 0) is 12.6 Å². The first-order valence-corrected chi connectivity index (χ1v) is 5.61. The van der Waals surface area contributed by atoms with Crippen molar-refractivity contribution < 1.29 is 4.74 Å². The van der Waals surface area contributed by atoms with Crippen molar-refractivity contribution in [2.45, 2.75) is 13.5 Å². The van der Waals surface area contributed by atoms with Crippen LogP contribution in [0.25, 0.3) is 0 Å². The molecule has 1 aromatic heterocycles. The maximum Gasteiger partial charge on any atom is 0.217 e. The number of hydrogen-bond donors (Lipinski definition) is 0. The molecule has 3 nitrogen and oxygen atoms in total. The highest BCUT2D eigenvalue weighted by atomic mass is 35.5. The van der Waals surface area contributed by atoms with Gasteiger partial charge in [0.2, 0.25) is 5.88 Å². The smallest absolute Gasteiger partial charge is 0.217 e. The molecule has 84 valence electrons. The van der Waals surface area contributed by atoms with E-state index in [0.717, 1.165) is 25.2 Å². The zero-order valence-corrected chi connectivity index (χ0v) is 10.00. The molecule has 15 heavy (non-hydrogen) atoms. The molecule has 0 aromatic carbocycles. The van der Waals surface area contributed by atoms with Crippen LogP contribution in [-0.4, -0.2) is 36.0 Å². The first-order chi connectivity index (χ1) is 7.31. The molecule has 0 aliphatic carbocycles. The van der Waals surface area contributed by atoms with Gasteiger partial charge in [-0.1, -0.05) is 13.0 Å². The van der Waals surface area contributed by atoms with E-state index in [1.807, 2.05) is 12.1 Å². The number of pyridine rings is 1. The minimum Gasteiger partial charge on any atom is -0.481 e. The SMILES string of the molecule is CCN(CCCl)Cc1cccnc1OC. The Balaban J connectivity index is 2.69. The fourth-order valence-corrected chi connectivity index (χ4v) is 1.68. The van der Waals surface area contributed by atoms with E-state index in [1.54, 1.807) is 13.3 Å². The molecule has 1 heterocycles.